The van der Waals surface area contributed by atoms with Crippen LogP contribution < -0.4 is 0 Å². The summed E-state index contributed by atoms with van der Waals surface area (Å²) < 4.78 is 14.8. The number of thioether (sulfide) groups is 2. The summed E-state index contributed by atoms with van der Waals surface area (Å²) in [7, 11) is 0. The summed E-state index contributed by atoms with van der Waals surface area (Å²) in [4.78, 5) is 0. The van der Waals surface area contributed by atoms with Crippen molar-refractivity contribution in [3.63, 3.8) is 0 Å². The van der Waals surface area contributed by atoms with Crippen LogP contribution in [0.2, 0.25) is 0 Å². The molecule has 0 nitrogen and oxygen atoms in total. The van der Waals surface area contributed by atoms with Gasteiger partial charge in [0.2, 0.25) is 0 Å². The lowest BCUT2D eigenvalue weighted by Crippen LogP contribution is -2.09. The summed E-state index contributed by atoms with van der Waals surface area (Å²) >= 11 is 7.36. The van der Waals surface area contributed by atoms with Crippen LogP contribution in [0.15, 0.2) is 16.6 Å². The maximum Gasteiger partial charge on any atom is 0.127 e. The number of hydrogen-bond donors (Lipinski definition) is 0. The molecule has 0 aromatic heterocycles. The van der Waals surface area contributed by atoms with Gasteiger partial charge in [-0.1, -0.05) is 15.9 Å². The maximum atomic E-state index is 13.7. The SMILES string of the molecule is Fc1cc(Br)cc2c1CCC21SCCS1. The predicted octanol–water partition coefficient (Wildman–Crippen LogP) is 4.17. The van der Waals surface area contributed by atoms with Gasteiger partial charge < -0.3 is 0 Å². The fourth-order valence-electron chi connectivity index (χ4n) is 2.38. The van der Waals surface area contributed by atoms with E-state index in [1.165, 1.54) is 17.1 Å². The molecular weight excluding hydrogens is 295 g/mol. The third-order valence-electron chi connectivity index (χ3n) is 3.03. The zero-order valence-corrected chi connectivity index (χ0v) is 11.3. The van der Waals surface area contributed by atoms with Gasteiger partial charge in [0.25, 0.3) is 0 Å². The third-order valence-corrected chi connectivity index (χ3v) is 7.05. The Morgan fingerprint density at radius 2 is 2.00 bits per heavy atom. The van der Waals surface area contributed by atoms with Crippen molar-refractivity contribution in [2.24, 2.45) is 0 Å². The van der Waals surface area contributed by atoms with Crippen LogP contribution in [0.5, 0.6) is 0 Å². The standard InChI is InChI=1S/C11H10BrFS2/c12-7-5-9-8(10(13)6-7)1-2-11(9)14-3-4-15-11/h5-6H,1-4H2. The number of rotatable bonds is 0. The smallest absolute Gasteiger partial charge is 0.127 e. The van der Waals surface area contributed by atoms with Gasteiger partial charge >= 0.3 is 0 Å². The molecule has 3 rings (SSSR count). The highest BCUT2D eigenvalue weighted by atomic mass is 79.9. The molecule has 0 N–H and O–H groups in total. The zero-order chi connectivity index (χ0) is 10.5. The Kier molecular flexibility index (Phi) is 2.57. The summed E-state index contributed by atoms with van der Waals surface area (Å²) in [5, 5.41) is 0. The van der Waals surface area contributed by atoms with Crippen LogP contribution in [0.3, 0.4) is 0 Å². The van der Waals surface area contributed by atoms with Crippen molar-refractivity contribution in [1.29, 1.82) is 0 Å². The molecule has 0 radical (unpaired) electrons. The molecule has 0 bridgehead atoms. The van der Waals surface area contributed by atoms with Crippen molar-refractivity contribution >= 4 is 39.5 Å². The van der Waals surface area contributed by atoms with E-state index in [0.717, 1.165) is 22.9 Å². The number of fused-ring (bicyclic) bond motifs is 2. The largest absolute Gasteiger partial charge is 0.207 e. The summed E-state index contributed by atoms with van der Waals surface area (Å²) in [6.45, 7) is 0. The van der Waals surface area contributed by atoms with Crippen molar-refractivity contribution in [3.05, 3.63) is 33.5 Å². The molecule has 80 valence electrons. The average Bonchev–Trinajstić information content (AvgIpc) is 2.77. The summed E-state index contributed by atoms with van der Waals surface area (Å²) in [5.41, 5.74) is 2.17. The van der Waals surface area contributed by atoms with Gasteiger partial charge in [0, 0.05) is 16.0 Å². The topological polar surface area (TPSA) is 0 Å². The van der Waals surface area contributed by atoms with E-state index in [2.05, 4.69) is 22.0 Å². The Labute approximate surface area is 106 Å². The second-order valence-corrected chi connectivity index (χ2v) is 7.83. The van der Waals surface area contributed by atoms with E-state index in [1.807, 2.05) is 23.5 Å². The fraction of sp³-hybridized carbons (Fsp3) is 0.455. The maximum absolute atomic E-state index is 13.7. The highest BCUT2D eigenvalue weighted by molar-refractivity contribution is 9.10. The number of halogens is 2. The first kappa shape index (κ1) is 10.5. The quantitative estimate of drug-likeness (QED) is 0.705. The molecule has 0 unspecified atom stereocenters. The molecule has 1 heterocycles. The van der Waals surface area contributed by atoms with Gasteiger partial charge in [-0.2, -0.15) is 0 Å². The Morgan fingerprint density at radius 1 is 1.27 bits per heavy atom. The molecule has 1 aromatic carbocycles. The van der Waals surface area contributed by atoms with Crippen molar-refractivity contribution in [3.8, 4) is 0 Å². The van der Waals surface area contributed by atoms with Crippen LogP contribution in [0.25, 0.3) is 0 Å². The second kappa shape index (κ2) is 3.67. The number of benzene rings is 1. The molecular formula is C11H10BrFS2. The molecule has 0 amide bonds. The minimum Gasteiger partial charge on any atom is -0.207 e. The average molecular weight is 305 g/mol. The number of hydrogen-bond acceptors (Lipinski definition) is 2. The normalized spacial score (nSPS) is 22.3. The van der Waals surface area contributed by atoms with Crippen LogP contribution in [0.4, 0.5) is 4.39 Å². The molecule has 1 fully saturated rings. The van der Waals surface area contributed by atoms with Gasteiger partial charge in [0.05, 0.1) is 4.08 Å². The lowest BCUT2D eigenvalue weighted by Gasteiger charge is -2.22. The molecule has 2 aliphatic rings. The minimum atomic E-state index is -0.0376. The third kappa shape index (κ3) is 1.56. The summed E-state index contributed by atoms with van der Waals surface area (Å²) in [6, 6.07) is 3.69. The molecule has 1 aliphatic heterocycles. The first-order chi connectivity index (χ1) is 7.21. The van der Waals surface area contributed by atoms with Gasteiger partial charge in [-0.25, -0.2) is 4.39 Å². The van der Waals surface area contributed by atoms with Gasteiger partial charge in [0.1, 0.15) is 5.82 Å². The van der Waals surface area contributed by atoms with Crippen molar-refractivity contribution < 1.29 is 4.39 Å². The van der Waals surface area contributed by atoms with E-state index in [-0.39, 0.29) is 9.90 Å². The first-order valence-corrected chi connectivity index (χ1v) is 7.74. The first-order valence-electron chi connectivity index (χ1n) is 4.98. The van der Waals surface area contributed by atoms with E-state index in [0.29, 0.717) is 0 Å². The van der Waals surface area contributed by atoms with Crippen molar-refractivity contribution in [2.75, 3.05) is 11.5 Å². The molecule has 15 heavy (non-hydrogen) atoms. The zero-order valence-electron chi connectivity index (χ0n) is 8.06. The van der Waals surface area contributed by atoms with Gasteiger partial charge in [-0.3, -0.25) is 0 Å². The molecule has 1 aromatic rings. The predicted molar refractivity (Wildman–Crippen MR) is 69.0 cm³/mol. The van der Waals surface area contributed by atoms with Gasteiger partial charge in [0.15, 0.2) is 0 Å². The lowest BCUT2D eigenvalue weighted by atomic mass is 10.1. The summed E-state index contributed by atoms with van der Waals surface area (Å²) in [5.74, 6) is 2.35. The fourth-order valence-corrected chi connectivity index (χ4v) is 6.13. The monoisotopic (exact) mass is 304 g/mol. The van der Waals surface area contributed by atoms with E-state index in [9.17, 15) is 4.39 Å². The molecule has 0 saturated carbocycles. The molecule has 1 aliphatic carbocycles. The highest BCUT2D eigenvalue weighted by Crippen LogP contribution is 2.59. The van der Waals surface area contributed by atoms with Crippen LogP contribution in [-0.4, -0.2) is 11.5 Å². The molecule has 4 heteroatoms. The minimum absolute atomic E-state index is 0.0376. The molecule has 1 spiro atoms. The van der Waals surface area contributed by atoms with E-state index >= 15 is 0 Å². The molecule has 1 saturated heterocycles. The van der Waals surface area contributed by atoms with Crippen LogP contribution in [-0.2, 0) is 10.5 Å². The van der Waals surface area contributed by atoms with Crippen LogP contribution >= 0.6 is 39.5 Å². The van der Waals surface area contributed by atoms with Crippen LogP contribution in [0, 0.1) is 5.82 Å². The highest BCUT2D eigenvalue weighted by Gasteiger charge is 2.43. The lowest BCUT2D eigenvalue weighted by molar-refractivity contribution is 0.612. The van der Waals surface area contributed by atoms with Gasteiger partial charge in [-0.15, -0.1) is 23.5 Å². The Balaban J connectivity index is 2.16. The van der Waals surface area contributed by atoms with Crippen LogP contribution in [0.1, 0.15) is 17.5 Å². The summed E-state index contributed by atoms with van der Waals surface area (Å²) in [6.07, 6.45) is 1.99. The Bertz CT molecular complexity index is 413. The Morgan fingerprint density at radius 3 is 2.73 bits per heavy atom. The van der Waals surface area contributed by atoms with E-state index in [4.69, 9.17) is 0 Å². The molecule has 0 atom stereocenters. The van der Waals surface area contributed by atoms with Gasteiger partial charge in [-0.05, 0) is 36.1 Å². The Hall–Kier alpha value is 0.330. The van der Waals surface area contributed by atoms with E-state index < -0.39 is 0 Å². The van der Waals surface area contributed by atoms with E-state index in [1.54, 1.807) is 6.07 Å². The van der Waals surface area contributed by atoms with Crippen molar-refractivity contribution in [2.45, 2.75) is 16.9 Å². The van der Waals surface area contributed by atoms with Crippen molar-refractivity contribution in [1.82, 2.24) is 0 Å². The second-order valence-electron chi connectivity index (χ2n) is 3.86.